The summed E-state index contributed by atoms with van der Waals surface area (Å²) in [6.45, 7) is 1.87. The van der Waals surface area contributed by atoms with Gasteiger partial charge >= 0.3 is 0 Å². The molecule has 0 aliphatic rings. The highest BCUT2D eigenvalue weighted by atomic mass is 35.5. The number of anilines is 1. The molecule has 8 nitrogen and oxygen atoms in total. The lowest BCUT2D eigenvalue weighted by Crippen LogP contribution is -2.18. The second kappa shape index (κ2) is 7.58. The van der Waals surface area contributed by atoms with E-state index in [0.29, 0.717) is 17.9 Å². The van der Waals surface area contributed by atoms with Crippen LogP contribution in [0.5, 0.6) is 0 Å². The van der Waals surface area contributed by atoms with Crippen LogP contribution in [0.4, 0.5) is 10.1 Å². The van der Waals surface area contributed by atoms with Crippen LogP contribution in [0, 0.1) is 12.7 Å². The third-order valence-electron chi connectivity index (χ3n) is 3.75. The molecule has 0 saturated heterocycles. The number of amides is 2. The van der Waals surface area contributed by atoms with Crippen molar-refractivity contribution < 1.29 is 14.0 Å². The van der Waals surface area contributed by atoms with E-state index in [9.17, 15) is 14.0 Å². The number of benzene rings is 1. The van der Waals surface area contributed by atoms with Gasteiger partial charge in [0.1, 0.15) is 17.5 Å². The summed E-state index contributed by atoms with van der Waals surface area (Å²) in [5.74, 6) is -1.34. The van der Waals surface area contributed by atoms with Gasteiger partial charge in [-0.3, -0.25) is 14.3 Å². The van der Waals surface area contributed by atoms with Crippen LogP contribution in [0.15, 0.2) is 36.7 Å². The lowest BCUT2D eigenvalue weighted by atomic mass is 10.2. The molecule has 10 heteroatoms. The number of nitrogens with two attached hydrogens (primary N) is 1. The SMILES string of the molecule is Cc1nn(Cc2ccc(F)cc2)c(Cl)c1C(=O)Nc1cnn(CC(N)=O)c1. The van der Waals surface area contributed by atoms with Crippen LogP contribution in [0.1, 0.15) is 21.6 Å². The molecule has 0 radical (unpaired) electrons. The van der Waals surface area contributed by atoms with E-state index in [2.05, 4.69) is 15.5 Å². The van der Waals surface area contributed by atoms with E-state index in [1.165, 1.54) is 33.9 Å². The summed E-state index contributed by atoms with van der Waals surface area (Å²) < 4.78 is 15.8. The van der Waals surface area contributed by atoms with Gasteiger partial charge in [0.15, 0.2) is 0 Å². The van der Waals surface area contributed by atoms with E-state index in [1.807, 2.05) is 0 Å². The molecule has 3 rings (SSSR count). The minimum atomic E-state index is -0.545. The predicted molar refractivity (Wildman–Crippen MR) is 96.9 cm³/mol. The Hall–Kier alpha value is -3.20. The molecule has 0 aliphatic heterocycles. The number of nitrogens with zero attached hydrogens (tertiary/aromatic N) is 4. The second-order valence-corrected chi connectivity index (χ2v) is 6.24. The average Bonchev–Trinajstić information content (AvgIpc) is 3.13. The van der Waals surface area contributed by atoms with Crippen molar-refractivity contribution in [2.75, 3.05) is 5.32 Å². The predicted octanol–water partition coefficient (Wildman–Crippen LogP) is 1.97. The van der Waals surface area contributed by atoms with Crippen LogP contribution in [0.3, 0.4) is 0 Å². The molecule has 2 amide bonds. The van der Waals surface area contributed by atoms with Gasteiger partial charge in [-0.15, -0.1) is 0 Å². The molecule has 2 heterocycles. The Morgan fingerprint density at radius 3 is 2.67 bits per heavy atom. The number of nitrogens with one attached hydrogen (secondary N) is 1. The van der Waals surface area contributed by atoms with E-state index >= 15 is 0 Å². The van der Waals surface area contributed by atoms with Gasteiger partial charge in [0.2, 0.25) is 5.91 Å². The summed E-state index contributed by atoms with van der Waals surface area (Å²) in [6.07, 6.45) is 2.88. The largest absolute Gasteiger partial charge is 0.368 e. The fourth-order valence-electron chi connectivity index (χ4n) is 2.55. The van der Waals surface area contributed by atoms with E-state index < -0.39 is 11.8 Å². The van der Waals surface area contributed by atoms with Gasteiger partial charge < -0.3 is 11.1 Å². The molecule has 27 heavy (non-hydrogen) atoms. The fourth-order valence-corrected chi connectivity index (χ4v) is 2.87. The molecule has 2 aromatic heterocycles. The quantitative estimate of drug-likeness (QED) is 0.670. The second-order valence-electron chi connectivity index (χ2n) is 5.88. The van der Waals surface area contributed by atoms with Crippen LogP contribution in [-0.2, 0) is 17.9 Å². The first kappa shape index (κ1) is 18.6. The maximum absolute atomic E-state index is 13.0. The standard InChI is InChI=1S/C17H16ClFN6O2/c1-10-15(17(27)22-13-6-21-24(8-13)9-14(20)26)16(18)25(23-10)7-11-2-4-12(19)5-3-11/h2-6,8H,7,9H2,1H3,(H2,20,26)(H,22,27). The molecular weight excluding hydrogens is 375 g/mol. The van der Waals surface area contributed by atoms with Gasteiger partial charge in [-0.05, 0) is 24.6 Å². The molecule has 0 spiro atoms. The Morgan fingerprint density at radius 2 is 2.00 bits per heavy atom. The Labute approximate surface area is 158 Å². The van der Waals surface area contributed by atoms with Crippen LogP contribution in [-0.4, -0.2) is 31.4 Å². The molecule has 0 bridgehead atoms. The molecule has 140 valence electrons. The zero-order chi connectivity index (χ0) is 19.6. The van der Waals surface area contributed by atoms with Crippen LogP contribution >= 0.6 is 11.6 Å². The summed E-state index contributed by atoms with van der Waals surface area (Å²) >= 11 is 6.33. The molecule has 0 fully saturated rings. The van der Waals surface area contributed by atoms with Crippen molar-refractivity contribution in [2.24, 2.45) is 5.73 Å². The number of aryl methyl sites for hydroxylation is 1. The lowest BCUT2D eigenvalue weighted by Gasteiger charge is -2.05. The average molecular weight is 391 g/mol. The van der Waals surface area contributed by atoms with Crippen molar-refractivity contribution in [1.29, 1.82) is 0 Å². The van der Waals surface area contributed by atoms with Crippen molar-refractivity contribution in [2.45, 2.75) is 20.0 Å². The van der Waals surface area contributed by atoms with Crippen molar-refractivity contribution in [3.05, 3.63) is 64.5 Å². The van der Waals surface area contributed by atoms with Gasteiger partial charge in [0, 0.05) is 6.20 Å². The first-order valence-electron chi connectivity index (χ1n) is 7.93. The van der Waals surface area contributed by atoms with Gasteiger partial charge in [-0.2, -0.15) is 10.2 Å². The highest BCUT2D eigenvalue weighted by Gasteiger charge is 2.21. The third-order valence-corrected chi connectivity index (χ3v) is 4.13. The number of hydrogen-bond acceptors (Lipinski definition) is 4. The fraction of sp³-hybridized carbons (Fsp3) is 0.176. The van der Waals surface area contributed by atoms with Crippen molar-refractivity contribution >= 4 is 29.1 Å². The normalized spacial score (nSPS) is 10.8. The van der Waals surface area contributed by atoms with Gasteiger partial charge in [0.05, 0.1) is 29.7 Å². The van der Waals surface area contributed by atoms with Gasteiger partial charge in [-0.1, -0.05) is 23.7 Å². The topological polar surface area (TPSA) is 108 Å². The maximum Gasteiger partial charge on any atom is 0.260 e. The number of rotatable bonds is 6. The smallest absolute Gasteiger partial charge is 0.260 e. The third kappa shape index (κ3) is 4.32. The molecule has 1 aromatic carbocycles. The number of carbonyl (C=O) groups is 2. The summed E-state index contributed by atoms with van der Waals surface area (Å²) in [5, 5.41) is 11.0. The lowest BCUT2D eigenvalue weighted by molar-refractivity contribution is -0.118. The Balaban J connectivity index is 1.77. The van der Waals surface area contributed by atoms with E-state index in [1.54, 1.807) is 19.1 Å². The molecule has 3 aromatic rings. The van der Waals surface area contributed by atoms with E-state index in [0.717, 1.165) is 5.56 Å². The summed E-state index contributed by atoms with van der Waals surface area (Å²) in [7, 11) is 0. The van der Waals surface area contributed by atoms with Crippen LogP contribution in [0.25, 0.3) is 0 Å². The summed E-state index contributed by atoms with van der Waals surface area (Å²) in [6, 6.07) is 5.93. The van der Waals surface area contributed by atoms with Crippen molar-refractivity contribution in [1.82, 2.24) is 19.6 Å². The monoisotopic (exact) mass is 390 g/mol. The number of primary amides is 1. The Morgan fingerprint density at radius 1 is 1.30 bits per heavy atom. The maximum atomic E-state index is 13.0. The minimum absolute atomic E-state index is 0.0920. The highest BCUT2D eigenvalue weighted by Crippen LogP contribution is 2.22. The zero-order valence-corrected chi connectivity index (χ0v) is 15.1. The number of hydrogen-bond donors (Lipinski definition) is 2. The van der Waals surface area contributed by atoms with E-state index in [4.69, 9.17) is 17.3 Å². The molecule has 0 atom stereocenters. The van der Waals surface area contributed by atoms with Gasteiger partial charge in [-0.25, -0.2) is 9.07 Å². The highest BCUT2D eigenvalue weighted by molar-refractivity contribution is 6.33. The summed E-state index contributed by atoms with van der Waals surface area (Å²) in [4.78, 5) is 23.5. The molecule has 0 aliphatic carbocycles. The van der Waals surface area contributed by atoms with E-state index in [-0.39, 0.29) is 23.1 Å². The molecular formula is C17H16ClFN6O2. The number of carbonyl (C=O) groups excluding carboxylic acids is 2. The Kier molecular flexibility index (Phi) is 5.22. The number of halogens is 2. The Bertz CT molecular complexity index is 996. The van der Waals surface area contributed by atoms with Crippen molar-refractivity contribution in [3.63, 3.8) is 0 Å². The minimum Gasteiger partial charge on any atom is -0.368 e. The van der Waals surface area contributed by atoms with Crippen LogP contribution < -0.4 is 11.1 Å². The first-order valence-corrected chi connectivity index (χ1v) is 8.30. The van der Waals surface area contributed by atoms with Gasteiger partial charge in [0.25, 0.3) is 5.91 Å². The molecule has 0 saturated carbocycles. The van der Waals surface area contributed by atoms with Crippen molar-refractivity contribution in [3.8, 4) is 0 Å². The zero-order valence-electron chi connectivity index (χ0n) is 14.3. The molecule has 3 N–H and O–H groups in total. The molecule has 0 unspecified atom stereocenters. The van der Waals surface area contributed by atoms with Crippen LogP contribution in [0.2, 0.25) is 5.15 Å². The first-order chi connectivity index (χ1) is 12.8. The number of aromatic nitrogens is 4. The summed E-state index contributed by atoms with van der Waals surface area (Å²) in [5.41, 5.74) is 6.96.